The lowest BCUT2D eigenvalue weighted by molar-refractivity contribution is -0.167. The largest absolute Gasteiger partial charge is 0.462 e. The van der Waals surface area contributed by atoms with E-state index >= 15 is 0 Å². The van der Waals surface area contributed by atoms with Crippen LogP contribution in [0.25, 0.3) is 0 Å². The highest BCUT2D eigenvalue weighted by Crippen LogP contribution is 2.17. The summed E-state index contributed by atoms with van der Waals surface area (Å²) in [5.74, 6) is 0.765. The lowest BCUT2D eigenvalue weighted by Crippen LogP contribution is -2.30. The molecule has 0 aromatic carbocycles. The maximum atomic E-state index is 12.7. The topological polar surface area (TPSA) is 78.9 Å². The van der Waals surface area contributed by atoms with Crippen LogP contribution in [0.3, 0.4) is 0 Å². The molecule has 0 saturated carbocycles. The van der Waals surface area contributed by atoms with Crippen LogP contribution in [0, 0.1) is 11.8 Å². The van der Waals surface area contributed by atoms with Gasteiger partial charge in [0.2, 0.25) is 0 Å². The van der Waals surface area contributed by atoms with Crippen molar-refractivity contribution in [3.05, 3.63) is 0 Å². The molecule has 0 saturated heterocycles. The molecule has 0 aliphatic rings. The molecule has 0 unspecified atom stereocenters. The first-order valence-corrected chi connectivity index (χ1v) is 24.2. The van der Waals surface area contributed by atoms with Gasteiger partial charge in [0.15, 0.2) is 6.10 Å². The molecule has 326 valence electrons. The van der Waals surface area contributed by atoms with E-state index in [-0.39, 0.29) is 31.1 Å². The molecule has 0 radical (unpaired) electrons. The van der Waals surface area contributed by atoms with Gasteiger partial charge in [0.05, 0.1) is 0 Å². The molecule has 0 aromatic heterocycles. The van der Waals surface area contributed by atoms with Crippen molar-refractivity contribution < 1.29 is 28.6 Å². The molecule has 0 N–H and O–H groups in total. The molecule has 6 heteroatoms. The summed E-state index contributed by atoms with van der Waals surface area (Å²) in [5, 5.41) is 0. The molecule has 0 aliphatic carbocycles. The van der Waals surface area contributed by atoms with Crippen molar-refractivity contribution in [3.8, 4) is 0 Å². The number of rotatable bonds is 43. The summed E-state index contributed by atoms with van der Waals surface area (Å²) in [6, 6.07) is 0. The lowest BCUT2D eigenvalue weighted by Gasteiger charge is -2.18. The Labute approximate surface area is 342 Å². The molecule has 0 aromatic rings. The van der Waals surface area contributed by atoms with Crippen molar-refractivity contribution in [2.75, 3.05) is 13.2 Å². The number of ether oxygens (including phenoxy) is 3. The third kappa shape index (κ3) is 43.4. The maximum absolute atomic E-state index is 12.7. The molecule has 55 heavy (non-hydrogen) atoms. The molecule has 0 amide bonds. The van der Waals surface area contributed by atoms with Gasteiger partial charge in [-0.3, -0.25) is 14.4 Å². The van der Waals surface area contributed by atoms with Crippen molar-refractivity contribution in [3.63, 3.8) is 0 Å². The summed E-state index contributed by atoms with van der Waals surface area (Å²) >= 11 is 0. The summed E-state index contributed by atoms with van der Waals surface area (Å²) in [6.45, 7) is 11.3. The second kappa shape index (κ2) is 42.0. The minimum Gasteiger partial charge on any atom is -0.462 e. The van der Waals surface area contributed by atoms with Crippen LogP contribution in [0.2, 0.25) is 0 Å². The van der Waals surface area contributed by atoms with E-state index in [0.29, 0.717) is 19.3 Å². The fourth-order valence-corrected chi connectivity index (χ4v) is 7.28. The van der Waals surface area contributed by atoms with Crippen LogP contribution in [0.4, 0.5) is 0 Å². The summed E-state index contributed by atoms with van der Waals surface area (Å²) in [5.41, 5.74) is 0. The van der Waals surface area contributed by atoms with Crippen molar-refractivity contribution in [1.29, 1.82) is 0 Å². The van der Waals surface area contributed by atoms with Gasteiger partial charge in [-0.25, -0.2) is 0 Å². The summed E-state index contributed by atoms with van der Waals surface area (Å²) in [6.07, 6.45) is 40.9. The van der Waals surface area contributed by atoms with E-state index in [9.17, 15) is 14.4 Å². The van der Waals surface area contributed by atoms with E-state index in [1.807, 2.05) is 0 Å². The van der Waals surface area contributed by atoms with Gasteiger partial charge in [-0.2, -0.15) is 0 Å². The van der Waals surface area contributed by atoms with E-state index in [1.165, 1.54) is 154 Å². The van der Waals surface area contributed by atoms with Gasteiger partial charge in [-0.1, -0.05) is 227 Å². The fourth-order valence-electron chi connectivity index (χ4n) is 7.28. The highest BCUT2D eigenvalue weighted by molar-refractivity contribution is 5.71. The van der Waals surface area contributed by atoms with Crippen molar-refractivity contribution in [1.82, 2.24) is 0 Å². The smallest absolute Gasteiger partial charge is 0.306 e. The normalized spacial score (nSPS) is 12.1. The Morgan fingerprint density at radius 2 is 0.600 bits per heavy atom. The van der Waals surface area contributed by atoms with Crippen molar-refractivity contribution in [2.24, 2.45) is 11.8 Å². The standard InChI is InChI=1S/C49H94O6/c1-6-7-8-9-10-11-12-15-18-24-29-34-39-47(50)53-42-46(55-49(52)41-36-31-26-21-20-23-28-33-38-45(4)5)43-54-48(51)40-35-30-25-19-16-13-14-17-22-27-32-37-44(2)3/h44-46H,6-43H2,1-5H3/t46-/m0/s1. The first kappa shape index (κ1) is 53.4. The zero-order valence-corrected chi connectivity index (χ0v) is 37.6. The van der Waals surface area contributed by atoms with Crippen LogP contribution in [0.5, 0.6) is 0 Å². The first-order valence-electron chi connectivity index (χ1n) is 24.2. The second-order valence-corrected chi connectivity index (χ2v) is 17.7. The average molecular weight is 779 g/mol. The van der Waals surface area contributed by atoms with E-state index in [4.69, 9.17) is 14.2 Å². The third-order valence-electron chi connectivity index (χ3n) is 11.0. The summed E-state index contributed by atoms with van der Waals surface area (Å²) < 4.78 is 16.8. The SMILES string of the molecule is CCCCCCCCCCCCCCC(=O)OC[C@@H](COC(=O)CCCCCCCCCCCCCC(C)C)OC(=O)CCCCCCCCCCC(C)C. The minimum absolute atomic E-state index is 0.0646. The Kier molecular flexibility index (Phi) is 40.8. The molecule has 0 bridgehead atoms. The molecule has 1 atom stereocenters. The van der Waals surface area contributed by atoms with Gasteiger partial charge in [-0.15, -0.1) is 0 Å². The van der Waals surface area contributed by atoms with E-state index in [1.54, 1.807) is 0 Å². The molecular weight excluding hydrogens is 685 g/mol. The molecule has 0 rings (SSSR count). The molecule has 0 aliphatic heterocycles. The lowest BCUT2D eigenvalue weighted by atomic mass is 10.0. The predicted octanol–water partition coefficient (Wildman–Crippen LogP) is 15.4. The maximum Gasteiger partial charge on any atom is 0.306 e. The zero-order valence-electron chi connectivity index (χ0n) is 37.6. The zero-order chi connectivity index (χ0) is 40.5. The number of hydrogen-bond acceptors (Lipinski definition) is 6. The fraction of sp³-hybridized carbons (Fsp3) is 0.939. The average Bonchev–Trinajstić information content (AvgIpc) is 3.15. The van der Waals surface area contributed by atoms with Crippen LogP contribution >= 0.6 is 0 Å². The van der Waals surface area contributed by atoms with Gasteiger partial charge in [0, 0.05) is 19.3 Å². The van der Waals surface area contributed by atoms with Crippen molar-refractivity contribution >= 4 is 17.9 Å². The van der Waals surface area contributed by atoms with Crippen LogP contribution in [-0.2, 0) is 28.6 Å². The quantitative estimate of drug-likeness (QED) is 0.0348. The van der Waals surface area contributed by atoms with Crippen molar-refractivity contribution in [2.45, 2.75) is 272 Å². The minimum atomic E-state index is -0.761. The van der Waals surface area contributed by atoms with Crippen LogP contribution < -0.4 is 0 Å². The predicted molar refractivity (Wildman–Crippen MR) is 233 cm³/mol. The van der Waals surface area contributed by atoms with E-state index < -0.39 is 6.10 Å². The molecule has 0 spiro atoms. The first-order chi connectivity index (χ1) is 26.7. The van der Waals surface area contributed by atoms with Crippen LogP contribution in [0.1, 0.15) is 266 Å². The van der Waals surface area contributed by atoms with E-state index in [2.05, 4.69) is 34.6 Å². The molecule has 0 heterocycles. The number of hydrogen-bond donors (Lipinski definition) is 0. The molecular formula is C49H94O6. The van der Waals surface area contributed by atoms with Gasteiger partial charge in [0.1, 0.15) is 13.2 Å². The highest BCUT2D eigenvalue weighted by atomic mass is 16.6. The van der Waals surface area contributed by atoms with Gasteiger partial charge in [0.25, 0.3) is 0 Å². The summed E-state index contributed by atoms with van der Waals surface area (Å²) in [7, 11) is 0. The Balaban J connectivity index is 4.32. The summed E-state index contributed by atoms with van der Waals surface area (Å²) in [4.78, 5) is 37.8. The van der Waals surface area contributed by atoms with Crippen LogP contribution in [0.15, 0.2) is 0 Å². The Morgan fingerprint density at radius 1 is 0.345 bits per heavy atom. The second-order valence-electron chi connectivity index (χ2n) is 17.7. The molecule has 6 nitrogen and oxygen atoms in total. The highest BCUT2D eigenvalue weighted by Gasteiger charge is 2.19. The van der Waals surface area contributed by atoms with Gasteiger partial charge in [-0.05, 0) is 31.1 Å². The number of esters is 3. The molecule has 0 fully saturated rings. The Morgan fingerprint density at radius 3 is 0.891 bits per heavy atom. The Hall–Kier alpha value is -1.59. The third-order valence-corrected chi connectivity index (χ3v) is 11.0. The number of unbranched alkanes of at least 4 members (excludes halogenated alkanes) is 28. The number of carbonyl (C=O) groups is 3. The Bertz CT molecular complexity index is 839. The van der Waals surface area contributed by atoms with Crippen LogP contribution in [-0.4, -0.2) is 37.2 Å². The van der Waals surface area contributed by atoms with Gasteiger partial charge < -0.3 is 14.2 Å². The monoisotopic (exact) mass is 779 g/mol. The number of carbonyl (C=O) groups excluding carboxylic acids is 3. The van der Waals surface area contributed by atoms with E-state index in [0.717, 1.165) is 69.6 Å². The van der Waals surface area contributed by atoms with Gasteiger partial charge >= 0.3 is 17.9 Å².